The van der Waals surface area contributed by atoms with Crippen molar-refractivity contribution >= 4 is 10.9 Å². The first-order valence-corrected chi connectivity index (χ1v) is 9.11. The normalized spacial score (nSPS) is 10.9. The van der Waals surface area contributed by atoms with Crippen molar-refractivity contribution in [1.29, 1.82) is 0 Å². The monoisotopic (exact) mass is 371 g/mol. The van der Waals surface area contributed by atoms with Gasteiger partial charge >= 0.3 is 0 Å². The van der Waals surface area contributed by atoms with Crippen molar-refractivity contribution in [2.24, 2.45) is 5.73 Å². The maximum atomic E-state index is 13.3. The summed E-state index contributed by atoms with van der Waals surface area (Å²) in [5.41, 5.74) is 9.30. The van der Waals surface area contributed by atoms with Crippen LogP contribution in [0.5, 0.6) is 5.75 Å². The predicted octanol–water partition coefficient (Wildman–Crippen LogP) is 3.58. The van der Waals surface area contributed by atoms with Crippen LogP contribution in [-0.4, -0.2) is 16.7 Å². The molecule has 140 valence electrons. The molecule has 3 aromatic carbocycles. The Balaban J connectivity index is 1.91. The van der Waals surface area contributed by atoms with Crippen molar-refractivity contribution < 1.29 is 4.74 Å². The second-order valence-corrected chi connectivity index (χ2v) is 6.60. The first-order chi connectivity index (χ1) is 13.7. The van der Waals surface area contributed by atoms with Crippen LogP contribution in [0.1, 0.15) is 11.1 Å². The molecular weight excluding hydrogens is 350 g/mol. The Morgan fingerprint density at radius 1 is 0.964 bits per heavy atom. The molecule has 0 fully saturated rings. The number of nitrogens with zero attached hydrogens (tertiary/aromatic N) is 2. The first-order valence-electron chi connectivity index (χ1n) is 9.11. The molecule has 0 radical (unpaired) electrons. The van der Waals surface area contributed by atoms with Gasteiger partial charge in [0.25, 0.3) is 5.56 Å². The topological polar surface area (TPSA) is 70.1 Å². The summed E-state index contributed by atoms with van der Waals surface area (Å²) in [4.78, 5) is 18.1. The molecule has 0 aliphatic heterocycles. The molecule has 4 aromatic rings. The Labute approximate surface area is 163 Å². The Morgan fingerprint density at radius 2 is 1.71 bits per heavy atom. The van der Waals surface area contributed by atoms with E-state index in [1.54, 1.807) is 11.7 Å². The van der Waals surface area contributed by atoms with Gasteiger partial charge in [0.1, 0.15) is 11.6 Å². The number of rotatable bonds is 5. The van der Waals surface area contributed by atoms with Crippen molar-refractivity contribution in [3.05, 3.63) is 94.3 Å². The number of fused-ring (bicyclic) bond motifs is 1. The molecule has 5 nitrogen and oxygen atoms in total. The van der Waals surface area contributed by atoms with E-state index in [1.165, 1.54) is 0 Å². The van der Waals surface area contributed by atoms with Crippen molar-refractivity contribution in [3.63, 3.8) is 0 Å². The Hall–Kier alpha value is -3.44. The molecule has 0 unspecified atom stereocenters. The fourth-order valence-corrected chi connectivity index (χ4v) is 3.31. The van der Waals surface area contributed by atoms with E-state index in [0.29, 0.717) is 29.8 Å². The molecule has 0 amide bonds. The zero-order valence-electron chi connectivity index (χ0n) is 15.6. The van der Waals surface area contributed by atoms with Gasteiger partial charge in [0.05, 0.1) is 24.6 Å². The zero-order chi connectivity index (χ0) is 19.5. The van der Waals surface area contributed by atoms with Crippen LogP contribution in [0.25, 0.3) is 22.3 Å². The van der Waals surface area contributed by atoms with Crippen LogP contribution >= 0.6 is 0 Å². The van der Waals surface area contributed by atoms with E-state index in [-0.39, 0.29) is 5.56 Å². The zero-order valence-corrected chi connectivity index (χ0v) is 15.6. The summed E-state index contributed by atoms with van der Waals surface area (Å²) in [6.07, 6.45) is 0. The Morgan fingerprint density at radius 3 is 2.46 bits per heavy atom. The number of benzene rings is 3. The van der Waals surface area contributed by atoms with Gasteiger partial charge in [-0.05, 0) is 47.5 Å². The van der Waals surface area contributed by atoms with Gasteiger partial charge in [-0.1, -0.05) is 36.4 Å². The fourth-order valence-electron chi connectivity index (χ4n) is 3.31. The average Bonchev–Trinajstić information content (AvgIpc) is 2.76. The van der Waals surface area contributed by atoms with Crippen LogP contribution in [0.2, 0.25) is 0 Å². The molecule has 0 atom stereocenters. The Kier molecular flexibility index (Phi) is 4.91. The van der Waals surface area contributed by atoms with E-state index < -0.39 is 0 Å². The van der Waals surface area contributed by atoms with Gasteiger partial charge in [0.2, 0.25) is 0 Å². The predicted molar refractivity (Wildman–Crippen MR) is 111 cm³/mol. The number of hydrogen-bond donors (Lipinski definition) is 1. The van der Waals surface area contributed by atoms with E-state index in [1.807, 2.05) is 72.8 Å². The summed E-state index contributed by atoms with van der Waals surface area (Å²) in [6, 6.07) is 23.0. The quantitative estimate of drug-likeness (QED) is 0.582. The second kappa shape index (κ2) is 7.66. The third kappa shape index (κ3) is 3.40. The van der Waals surface area contributed by atoms with Gasteiger partial charge in [-0.25, -0.2) is 4.98 Å². The molecule has 0 aliphatic rings. The van der Waals surface area contributed by atoms with E-state index in [4.69, 9.17) is 15.5 Å². The number of para-hydroxylation sites is 1. The van der Waals surface area contributed by atoms with Crippen LogP contribution in [-0.2, 0) is 13.1 Å². The van der Waals surface area contributed by atoms with Gasteiger partial charge in [-0.15, -0.1) is 0 Å². The number of hydrogen-bond acceptors (Lipinski definition) is 4. The van der Waals surface area contributed by atoms with Crippen molar-refractivity contribution in [1.82, 2.24) is 9.55 Å². The van der Waals surface area contributed by atoms with Gasteiger partial charge in [0.15, 0.2) is 0 Å². The van der Waals surface area contributed by atoms with Crippen LogP contribution in [0, 0.1) is 0 Å². The SMILES string of the molecule is COc1ccc(-c2nc3ccccc3c(=O)n2Cc2cccc(CN)c2)cc1. The molecule has 0 saturated heterocycles. The highest BCUT2D eigenvalue weighted by Gasteiger charge is 2.13. The summed E-state index contributed by atoms with van der Waals surface area (Å²) >= 11 is 0. The van der Waals surface area contributed by atoms with Gasteiger partial charge in [0, 0.05) is 12.1 Å². The molecule has 0 aliphatic carbocycles. The minimum atomic E-state index is -0.0606. The number of methoxy groups -OCH3 is 1. The van der Waals surface area contributed by atoms with Crippen molar-refractivity contribution in [2.45, 2.75) is 13.1 Å². The van der Waals surface area contributed by atoms with Gasteiger partial charge in [-0.3, -0.25) is 9.36 Å². The van der Waals surface area contributed by atoms with Crippen LogP contribution in [0.3, 0.4) is 0 Å². The molecular formula is C23H21N3O2. The molecule has 1 heterocycles. The highest BCUT2D eigenvalue weighted by molar-refractivity contribution is 5.79. The van der Waals surface area contributed by atoms with E-state index >= 15 is 0 Å². The van der Waals surface area contributed by atoms with Crippen molar-refractivity contribution in [3.8, 4) is 17.1 Å². The molecule has 2 N–H and O–H groups in total. The molecule has 28 heavy (non-hydrogen) atoms. The molecule has 0 saturated carbocycles. The van der Waals surface area contributed by atoms with Crippen molar-refractivity contribution in [2.75, 3.05) is 7.11 Å². The number of aromatic nitrogens is 2. The molecule has 0 bridgehead atoms. The lowest BCUT2D eigenvalue weighted by Gasteiger charge is -2.15. The van der Waals surface area contributed by atoms with Crippen LogP contribution in [0.15, 0.2) is 77.6 Å². The lowest BCUT2D eigenvalue weighted by Crippen LogP contribution is -2.24. The maximum Gasteiger partial charge on any atom is 0.261 e. The van der Waals surface area contributed by atoms with Gasteiger partial charge in [-0.2, -0.15) is 0 Å². The fraction of sp³-hybridized carbons (Fsp3) is 0.130. The number of nitrogens with two attached hydrogens (primary N) is 1. The van der Waals surface area contributed by atoms with E-state index in [9.17, 15) is 4.79 Å². The molecule has 4 rings (SSSR count). The maximum absolute atomic E-state index is 13.3. The second-order valence-electron chi connectivity index (χ2n) is 6.60. The summed E-state index contributed by atoms with van der Waals surface area (Å²) in [5.74, 6) is 1.39. The molecule has 0 spiro atoms. The van der Waals surface area contributed by atoms with Crippen LogP contribution in [0.4, 0.5) is 0 Å². The highest BCUT2D eigenvalue weighted by Crippen LogP contribution is 2.23. The smallest absolute Gasteiger partial charge is 0.261 e. The lowest BCUT2D eigenvalue weighted by atomic mass is 10.1. The largest absolute Gasteiger partial charge is 0.497 e. The third-order valence-electron chi connectivity index (χ3n) is 4.78. The lowest BCUT2D eigenvalue weighted by molar-refractivity contribution is 0.415. The highest BCUT2D eigenvalue weighted by atomic mass is 16.5. The summed E-state index contributed by atoms with van der Waals surface area (Å²) in [5, 5.41) is 0.606. The average molecular weight is 371 g/mol. The minimum absolute atomic E-state index is 0.0606. The Bertz CT molecular complexity index is 1180. The van der Waals surface area contributed by atoms with E-state index in [2.05, 4.69) is 0 Å². The van der Waals surface area contributed by atoms with Gasteiger partial charge < -0.3 is 10.5 Å². The molecule has 1 aromatic heterocycles. The number of ether oxygens (including phenoxy) is 1. The summed E-state index contributed by atoms with van der Waals surface area (Å²) in [7, 11) is 1.63. The van der Waals surface area contributed by atoms with E-state index in [0.717, 1.165) is 22.4 Å². The third-order valence-corrected chi connectivity index (χ3v) is 4.78. The first kappa shape index (κ1) is 17.9. The van der Waals surface area contributed by atoms with Crippen LogP contribution < -0.4 is 16.0 Å². The molecule has 5 heteroatoms. The standard InChI is InChI=1S/C23H21N3O2/c1-28-19-11-9-18(10-12-19)22-25-21-8-3-2-7-20(21)23(27)26(22)15-17-6-4-5-16(13-17)14-24/h2-13H,14-15,24H2,1H3. The minimum Gasteiger partial charge on any atom is -0.497 e. The summed E-state index contributed by atoms with van der Waals surface area (Å²) < 4.78 is 6.97. The summed E-state index contributed by atoms with van der Waals surface area (Å²) in [6.45, 7) is 0.885.